The van der Waals surface area contributed by atoms with Crippen LogP contribution in [0.25, 0.3) is 22.8 Å². The Kier molecular flexibility index (Phi) is 7.52. The van der Waals surface area contributed by atoms with Crippen LogP contribution >= 0.6 is 0 Å². The number of carbonyl (C=O) groups excluding carboxylic acids is 3. The van der Waals surface area contributed by atoms with E-state index in [0.717, 1.165) is 16.9 Å². The number of likely N-dealkylation sites (tertiary alicyclic amines) is 2. The minimum absolute atomic E-state index is 0.0433. The SMILES string of the molecule is CC(=O)N1CCC[C@H]1C(=O)Nc1ccc(-c2cnc(-c3ccc(NC(=O)[C@@H]4C[C@@H](O)CN4C(=O)O)cc3)o2)cc1. The third-order valence-corrected chi connectivity index (χ3v) is 7.13. The number of aliphatic hydroxyl groups is 1. The highest BCUT2D eigenvalue weighted by atomic mass is 16.4. The summed E-state index contributed by atoms with van der Waals surface area (Å²) in [5, 5.41) is 24.6. The maximum absolute atomic E-state index is 12.7. The number of β-amino-alcohol motifs (C(OH)–C–C–N with tert-alkyl or cyclic N) is 1. The molecule has 2 aromatic carbocycles. The van der Waals surface area contributed by atoms with E-state index in [9.17, 15) is 29.4 Å². The van der Waals surface area contributed by atoms with Gasteiger partial charge in [-0.3, -0.25) is 19.3 Å². The van der Waals surface area contributed by atoms with Gasteiger partial charge in [-0.2, -0.15) is 0 Å². The van der Waals surface area contributed by atoms with E-state index in [2.05, 4.69) is 15.6 Å². The summed E-state index contributed by atoms with van der Waals surface area (Å²) in [7, 11) is 0. The summed E-state index contributed by atoms with van der Waals surface area (Å²) in [5.74, 6) is 0.0702. The fourth-order valence-electron chi connectivity index (χ4n) is 5.10. The van der Waals surface area contributed by atoms with Gasteiger partial charge >= 0.3 is 6.09 Å². The van der Waals surface area contributed by atoms with Crippen molar-refractivity contribution >= 4 is 35.2 Å². The summed E-state index contributed by atoms with van der Waals surface area (Å²) in [6.45, 7) is 1.96. The molecule has 4 amide bonds. The van der Waals surface area contributed by atoms with Crippen LogP contribution in [0.1, 0.15) is 26.2 Å². The first kappa shape index (κ1) is 26.9. The number of oxazole rings is 1. The van der Waals surface area contributed by atoms with Crippen molar-refractivity contribution in [1.29, 1.82) is 0 Å². The van der Waals surface area contributed by atoms with Gasteiger partial charge in [-0.25, -0.2) is 9.78 Å². The minimum atomic E-state index is -1.25. The normalized spacial score (nSPS) is 20.4. The van der Waals surface area contributed by atoms with Crippen molar-refractivity contribution in [2.45, 2.75) is 44.4 Å². The van der Waals surface area contributed by atoms with Gasteiger partial charge in [-0.05, 0) is 61.4 Å². The highest BCUT2D eigenvalue weighted by molar-refractivity contribution is 5.98. The van der Waals surface area contributed by atoms with Gasteiger partial charge < -0.3 is 30.2 Å². The molecule has 40 heavy (non-hydrogen) atoms. The molecule has 5 rings (SSSR count). The molecule has 2 aliphatic heterocycles. The van der Waals surface area contributed by atoms with Crippen LogP contribution in [-0.2, 0) is 14.4 Å². The lowest BCUT2D eigenvalue weighted by molar-refractivity contribution is -0.134. The molecule has 0 unspecified atom stereocenters. The van der Waals surface area contributed by atoms with Gasteiger partial charge in [-0.1, -0.05) is 0 Å². The highest BCUT2D eigenvalue weighted by Crippen LogP contribution is 2.28. The van der Waals surface area contributed by atoms with Crippen molar-refractivity contribution in [1.82, 2.24) is 14.8 Å². The lowest BCUT2D eigenvalue weighted by atomic mass is 10.1. The molecule has 3 atom stereocenters. The third kappa shape index (κ3) is 5.66. The third-order valence-electron chi connectivity index (χ3n) is 7.13. The zero-order valence-electron chi connectivity index (χ0n) is 21.7. The second kappa shape index (κ2) is 11.2. The van der Waals surface area contributed by atoms with Crippen LogP contribution in [0.3, 0.4) is 0 Å². The fraction of sp³-hybridized carbons (Fsp3) is 0.321. The van der Waals surface area contributed by atoms with Crippen molar-refractivity contribution in [2.75, 3.05) is 23.7 Å². The number of aromatic nitrogens is 1. The van der Waals surface area contributed by atoms with E-state index in [-0.39, 0.29) is 24.8 Å². The second-order valence-electron chi connectivity index (χ2n) is 9.87. The van der Waals surface area contributed by atoms with E-state index in [1.54, 1.807) is 59.6 Å². The van der Waals surface area contributed by atoms with E-state index in [4.69, 9.17) is 4.42 Å². The van der Waals surface area contributed by atoms with E-state index in [1.807, 2.05) is 0 Å². The number of nitrogens with one attached hydrogen (secondary N) is 2. The Balaban J connectivity index is 1.20. The number of hydrogen-bond acceptors (Lipinski definition) is 7. The standard InChI is InChI=1S/C28H29N5O7/c1-16(34)32-12-2-3-22(32)25(36)30-19-8-4-17(5-9-19)24-14-29-27(40-24)18-6-10-20(11-7-18)31-26(37)23-13-21(35)15-33(23)28(38)39/h4-11,14,21-23,35H,2-3,12-13,15H2,1H3,(H,30,36)(H,31,37)(H,38,39)/t21-,22+,23+/m1/s1. The maximum Gasteiger partial charge on any atom is 0.408 e. The fourth-order valence-corrected chi connectivity index (χ4v) is 5.10. The Hall–Kier alpha value is -4.71. The summed E-state index contributed by atoms with van der Waals surface area (Å²) >= 11 is 0. The Morgan fingerprint density at radius 1 is 0.900 bits per heavy atom. The van der Waals surface area contributed by atoms with Crippen LogP contribution in [0.15, 0.2) is 59.1 Å². The van der Waals surface area contributed by atoms with Gasteiger partial charge in [-0.15, -0.1) is 0 Å². The van der Waals surface area contributed by atoms with Crippen LogP contribution in [-0.4, -0.2) is 80.1 Å². The molecule has 1 aromatic heterocycles. The van der Waals surface area contributed by atoms with Crippen molar-refractivity contribution in [3.05, 3.63) is 54.7 Å². The number of rotatable bonds is 6. The zero-order valence-corrected chi connectivity index (χ0v) is 21.7. The Labute approximate surface area is 229 Å². The molecular weight excluding hydrogens is 518 g/mol. The number of hydrogen-bond donors (Lipinski definition) is 4. The zero-order chi connectivity index (χ0) is 28.4. The van der Waals surface area contributed by atoms with E-state index in [0.29, 0.717) is 41.6 Å². The summed E-state index contributed by atoms with van der Waals surface area (Å²) in [6, 6.07) is 12.5. The van der Waals surface area contributed by atoms with Gasteiger partial charge in [0.1, 0.15) is 12.1 Å². The molecule has 2 fully saturated rings. The first-order valence-corrected chi connectivity index (χ1v) is 12.9. The summed E-state index contributed by atoms with van der Waals surface area (Å²) in [4.78, 5) is 55.2. The van der Waals surface area contributed by atoms with Crippen LogP contribution in [0.2, 0.25) is 0 Å². The molecule has 2 aliphatic rings. The molecular formula is C28H29N5O7. The van der Waals surface area contributed by atoms with Crippen molar-refractivity contribution in [3.8, 4) is 22.8 Å². The van der Waals surface area contributed by atoms with Crippen molar-refractivity contribution in [2.24, 2.45) is 0 Å². The quantitative estimate of drug-likeness (QED) is 0.366. The summed E-state index contributed by atoms with van der Waals surface area (Å²) in [5.41, 5.74) is 2.51. The van der Waals surface area contributed by atoms with E-state index >= 15 is 0 Å². The number of aliphatic hydroxyl groups excluding tert-OH is 1. The molecule has 0 bridgehead atoms. The molecule has 0 saturated carbocycles. The maximum atomic E-state index is 12.7. The summed E-state index contributed by atoms with van der Waals surface area (Å²) < 4.78 is 5.92. The Morgan fingerprint density at radius 2 is 1.50 bits per heavy atom. The van der Waals surface area contributed by atoms with Crippen molar-refractivity contribution in [3.63, 3.8) is 0 Å². The number of benzene rings is 2. The van der Waals surface area contributed by atoms with Gasteiger partial charge in [0.15, 0.2) is 5.76 Å². The Morgan fingerprint density at radius 3 is 2.10 bits per heavy atom. The average Bonchev–Trinajstić information content (AvgIpc) is 3.69. The molecule has 0 radical (unpaired) electrons. The minimum Gasteiger partial charge on any atom is -0.465 e. The lowest BCUT2D eigenvalue weighted by Crippen LogP contribution is -2.42. The number of carboxylic acid groups (broad SMARTS) is 1. The molecule has 3 heterocycles. The number of nitrogens with zero attached hydrogens (tertiary/aromatic N) is 3. The van der Waals surface area contributed by atoms with Gasteiger partial charge in [0.25, 0.3) is 0 Å². The number of anilines is 2. The van der Waals surface area contributed by atoms with E-state index in [1.165, 1.54) is 6.92 Å². The monoisotopic (exact) mass is 547 g/mol. The molecule has 0 spiro atoms. The molecule has 2 saturated heterocycles. The predicted octanol–water partition coefficient (Wildman–Crippen LogP) is 3.01. The average molecular weight is 548 g/mol. The first-order valence-electron chi connectivity index (χ1n) is 12.9. The molecule has 0 aliphatic carbocycles. The largest absolute Gasteiger partial charge is 0.465 e. The van der Waals surface area contributed by atoms with Crippen LogP contribution in [0.4, 0.5) is 16.2 Å². The topological polar surface area (TPSA) is 165 Å². The summed E-state index contributed by atoms with van der Waals surface area (Å²) in [6.07, 6.45) is 0.954. The second-order valence-corrected chi connectivity index (χ2v) is 9.87. The lowest BCUT2D eigenvalue weighted by Gasteiger charge is -2.22. The van der Waals surface area contributed by atoms with Crippen molar-refractivity contribution < 1.29 is 33.8 Å². The predicted molar refractivity (Wildman–Crippen MR) is 144 cm³/mol. The van der Waals surface area contributed by atoms with Gasteiger partial charge in [0.2, 0.25) is 23.6 Å². The van der Waals surface area contributed by atoms with Crippen LogP contribution < -0.4 is 10.6 Å². The van der Waals surface area contributed by atoms with Gasteiger partial charge in [0.05, 0.1) is 18.8 Å². The number of amides is 4. The molecule has 3 aromatic rings. The number of carbonyl (C=O) groups is 4. The van der Waals surface area contributed by atoms with Crippen LogP contribution in [0, 0.1) is 0 Å². The first-order chi connectivity index (χ1) is 19.2. The van der Waals surface area contributed by atoms with Crippen LogP contribution in [0.5, 0.6) is 0 Å². The Bertz CT molecular complexity index is 1420. The smallest absolute Gasteiger partial charge is 0.408 e. The molecule has 12 heteroatoms. The molecule has 12 nitrogen and oxygen atoms in total. The highest BCUT2D eigenvalue weighted by Gasteiger charge is 2.39. The van der Waals surface area contributed by atoms with E-state index < -0.39 is 30.2 Å². The molecule has 208 valence electrons. The molecule has 4 N–H and O–H groups in total. The van der Waals surface area contributed by atoms with Gasteiger partial charge in [0, 0.05) is 42.4 Å².